The van der Waals surface area contributed by atoms with Gasteiger partial charge in [0.15, 0.2) is 6.10 Å². The molecule has 25 heavy (non-hydrogen) atoms. The Bertz CT molecular complexity index is 372. The molecule has 0 unspecified atom stereocenters. The molecular formula is C16H31NaO8. The standard InChI is InChI=1S/C16H30O8.Na.H/c1-2-3-4-5-6-7-8-9-12(19)24-16(23)15(22)14(21)13(20)11(18)10-17;;/h11,13-15,17-18,20-22H,2-10H2,1H3;;/q;+1;-1/t11-,13-,14+,15-;;/m1../s1. The maximum atomic E-state index is 11.5. The van der Waals surface area contributed by atoms with Gasteiger partial charge in [-0.1, -0.05) is 45.4 Å². The fourth-order valence-corrected chi connectivity index (χ4v) is 2.11. The Hall–Kier alpha value is -0.0600. The predicted octanol–water partition coefficient (Wildman–Crippen LogP) is -3.25. The van der Waals surface area contributed by atoms with Crippen LogP contribution in [0.15, 0.2) is 0 Å². The molecule has 0 radical (unpaired) electrons. The molecule has 4 atom stereocenters. The topological polar surface area (TPSA) is 145 Å². The van der Waals surface area contributed by atoms with Crippen LogP contribution in [0.4, 0.5) is 0 Å². The molecular weight excluding hydrogens is 343 g/mol. The van der Waals surface area contributed by atoms with Crippen molar-refractivity contribution in [3.05, 3.63) is 0 Å². The molecule has 0 spiro atoms. The first-order valence-electron chi connectivity index (χ1n) is 8.42. The van der Waals surface area contributed by atoms with Crippen LogP contribution in [0.5, 0.6) is 0 Å². The van der Waals surface area contributed by atoms with Crippen LogP contribution in [0.25, 0.3) is 0 Å². The van der Waals surface area contributed by atoms with Gasteiger partial charge in [-0.05, 0) is 6.42 Å². The van der Waals surface area contributed by atoms with Crippen LogP contribution in [0.3, 0.4) is 0 Å². The molecule has 5 N–H and O–H groups in total. The van der Waals surface area contributed by atoms with Crippen molar-refractivity contribution in [1.82, 2.24) is 0 Å². The van der Waals surface area contributed by atoms with Gasteiger partial charge in [-0.2, -0.15) is 0 Å². The fourth-order valence-electron chi connectivity index (χ4n) is 2.11. The van der Waals surface area contributed by atoms with E-state index in [1.54, 1.807) is 0 Å². The van der Waals surface area contributed by atoms with Gasteiger partial charge in [-0.25, -0.2) is 4.79 Å². The molecule has 8 nitrogen and oxygen atoms in total. The maximum Gasteiger partial charge on any atom is 1.00 e. The number of esters is 2. The van der Waals surface area contributed by atoms with E-state index in [1.807, 2.05) is 0 Å². The van der Waals surface area contributed by atoms with Gasteiger partial charge in [0.05, 0.1) is 6.61 Å². The molecule has 0 rings (SSSR count). The Labute approximate surface area is 172 Å². The van der Waals surface area contributed by atoms with Gasteiger partial charge in [0, 0.05) is 6.42 Å². The monoisotopic (exact) mass is 374 g/mol. The number of carbonyl (C=O) groups is 2. The molecule has 0 saturated heterocycles. The van der Waals surface area contributed by atoms with Crippen LogP contribution in [-0.4, -0.2) is 68.5 Å². The van der Waals surface area contributed by atoms with E-state index in [9.17, 15) is 24.9 Å². The van der Waals surface area contributed by atoms with Crippen molar-refractivity contribution in [2.24, 2.45) is 0 Å². The van der Waals surface area contributed by atoms with Gasteiger partial charge in [0.2, 0.25) is 0 Å². The van der Waals surface area contributed by atoms with E-state index in [4.69, 9.17) is 10.2 Å². The van der Waals surface area contributed by atoms with E-state index in [2.05, 4.69) is 11.7 Å². The zero-order chi connectivity index (χ0) is 18.5. The third-order valence-corrected chi connectivity index (χ3v) is 3.70. The number of carbonyl (C=O) groups excluding carboxylic acids is 2. The van der Waals surface area contributed by atoms with E-state index in [0.29, 0.717) is 6.42 Å². The van der Waals surface area contributed by atoms with Crippen LogP contribution >= 0.6 is 0 Å². The Kier molecular flexibility index (Phi) is 17.5. The molecule has 0 aliphatic carbocycles. The number of hydrogen-bond donors (Lipinski definition) is 5. The first-order valence-corrected chi connectivity index (χ1v) is 8.42. The van der Waals surface area contributed by atoms with Crippen molar-refractivity contribution in [3.63, 3.8) is 0 Å². The summed E-state index contributed by atoms with van der Waals surface area (Å²) in [6.45, 7) is 1.26. The minimum Gasteiger partial charge on any atom is -1.00 e. The van der Waals surface area contributed by atoms with Crippen molar-refractivity contribution in [3.8, 4) is 0 Å². The molecule has 0 aliphatic rings. The number of aliphatic hydroxyl groups excluding tert-OH is 5. The summed E-state index contributed by atoms with van der Waals surface area (Å²) >= 11 is 0. The molecule has 9 heteroatoms. The largest absolute Gasteiger partial charge is 1.00 e. The molecule has 0 aromatic carbocycles. The molecule has 0 heterocycles. The summed E-state index contributed by atoms with van der Waals surface area (Å²) in [5.41, 5.74) is 0. The zero-order valence-electron chi connectivity index (χ0n) is 16.1. The number of ether oxygens (including phenoxy) is 1. The molecule has 0 amide bonds. The second kappa shape index (κ2) is 16.1. The molecule has 0 saturated carbocycles. The Morgan fingerprint density at radius 3 is 1.96 bits per heavy atom. The van der Waals surface area contributed by atoms with Crippen molar-refractivity contribution in [2.45, 2.75) is 82.7 Å². The normalized spacial score (nSPS) is 15.6. The summed E-state index contributed by atoms with van der Waals surface area (Å²) < 4.78 is 4.40. The summed E-state index contributed by atoms with van der Waals surface area (Å²) in [6, 6.07) is 0. The first-order chi connectivity index (χ1) is 11.3. The van der Waals surface area contributed by atoms with Gasteiger partial charge < -0.3 is 31.7 Å². The van der Waals surface area contributed by atoms with E-state index < -0.39 is 43.0 Å². The summed E-state index contributed by atoms with van der Waals surface area (Å²) in [7, 11) is 0. The average molecular weight is 374 g/mol. The predicted molar refractivity (Wildman–Crippen MR) is 85.9 cm³/mol. The number of hydrogen-bond acceptors (Lipinski definition) is 8. The zero-order valence-corrected chi connectivity index (χ0v) is 17.1. The average Bonchev–Trinajstić information content (AvgIpc) is 2.58. The van der Waals surface area contributed by atoms with Crippen LogP contribution in [0, 0.1) is 0 Å². The van der Waals surface area contributed by atoms with Gasteiger partial charge in [0.25, 0.3) is 0 Å². The third kappa shape index (κ3) is 12.0. The second-order valence-corrected chi connectivity index (χ2v) is 5.84. The Morgan fingerprint density at radius 2 is 1.44 bits per heavy atom. The SMILES string of the molecule is CCCCCCCCCC(=O)OC(=O)[C@H](O)[C@@H](O)[C@H](O)[C@H](O)CO.[H-].[Na+]. The number of unbranched alkanes of at least 4 members (excludes halogenated alkanes) is 6. The van der Waals surface area contributed by atoms with Crippen LogP contribution in [0.2, 0.25) is 0 Å². The van der Waals surface area contributed by atoms with E-state index in [0.717, 1.165) is 32.1 Å². The van der Waals surface area contributed by atoms with Crippen LogP contribution in [0.1, 0.15) is 59.7 Å². The molecule has 0 fully saturated rings. The quantitative estimate of drug-likeness (QED) is 0.0978. The van der Waals surface area contributed by atoms with E-state index in [1.165, 1.54) is 6.42 Å². The van der Waals surface area contributed by atoms with Crippen molar-refractivity contribution in [1.29, 1.82) is 0 Å². The van der Waals surface area contributed by atoms with Gasteiger partial charge in [0.1, 0.15) is 18.3 Å². The molecule has 0 aromatic rings. The van der Waals surface area contributed by atoms with Gasteiger partial charge >= 0.3 is 41.5 Å². The van der Waals surface area contributed by atoms with Crippen LogP contribution in [-0.2, 0) is 14.3 Å². The molecule has 144 valence electrons. The van der Waals surface area contributed by atoms with Crippen molar-refractivity contribution >= 4 is 11.9 Å². The summed E-state index contributed by atoms with van der Waals surface area (Å²) in [5.74, 6) is -2.23. The summed E-state index contributed by atoms with van der Waals surface area (Å²) in [4.78, 5) is 23.0. The minimum absolute atomic E-state index is 0. The molecule has 0 aromatic heterocycles. The third-order valence-electron chi connectivity index (χ3n) is 3.70. The van der Waals surface area contributed by atoms with Crippen molar-refractivity contribution in [2.75, 3.05) is 6.61 Å². The Balaban J connectivity index is -0.00000264. The van der Waals surface area contributed by atoms with Crippen molar-refractivity contribution < 1.29 is 70.8 Å². The maximum absolute atomic E-state index is 11.5. The second-order valence-electron chi connectivity index (χ2n) is 5.84. The first kappa shape index (κ1) is 27.2. The number of rotatable bonds is 13. The van der Waals surface area contributed by atoms with E-state index in [-0.39, 0.29) is 37.4 Å². The van der Waals surface area contributed by atoms with Gasteiger partial charge in [-0.3, -0.25) is 4.79 Å². The smallest absolute Gasteiger partial charge is 1.00 e. The molecule has 0 aliphatic heterocycles. The Morgan fingerprint density at radius 1 is 0.920 bits per heavy atom. The summed E-state index contributed by atoms with van der Waals surface area (Å²) in [5, 5.41) is 46.2. The summed E-state index contributed by atoms with van der Waals surface area (Å²) in [6.07, 6.45) is -0.948. The molecule has 0 bridgehead atoms. The minimum atomic E-state index is -2.20. The van der Waals surface area contributed by atoms with Crippen LogP contribution < -0.4 is 29.6 Å². The fraction of sp³-hybridized carbons (Fsp3) is 0.875. The van der Waals surface area contributed by atoms with E-state index >= 15 is 0 Å². The van der Waals surface area contributed by atoms with Gasteiger partial charge in [-0.15, -0.1) is 0 Å². The number of aliphatic hydroxyl groups is 5.